The third kappa shape index (κ3) is 6.90. The van der Waals surface area contributed by atoms with Crippen LogP contribution in [-0.2, 0) is 14.8 Å². The standard InChI is InChI=1S/C24H32N2O4S2/c1-30-21-13-15-23(16-14-21)32(28,29)26(20-9-4-2-5-10-20)19-24(27)25-17-8-18-31-22-11-6-3-7-12-22/h2,4-5,9-10,13-16,22H,3,6-8,11-12,17-19H2,1H3,(H,25,27). The molecule has 3 rings (SSSR count). The smallest absolute Gasteiger partial charge is 0.264 e. The first-order valence-electron chi connectivity index (χ1n) is 11.1. The second kappa shape index (κ2) is 12.2. The number of sulfonamides is 1. The molecule has 1 N–H and O–H groups in total. The van der Waals surface area contributed by atoms with Gasteiger partial charge in [-0.25, -0.2) is 8.42 Å². The highest BCUT2D eigenvalue weighted by molar-refractivity contribution is 7.99. The molecule has 0 bridgehead atoms. The summed E-state index contributed by atoms with van der Waals surface area (Å²) in [5.74, 6) is 1.27. The van der Waals surface area contributed by atoms with Crippen LogP contribution in [0.15, 0.2) is 59.5 Å². The molecule has 0 atom stereocenters. The summed E-state index contributed by atoms with van der Waals surface area (Å²) in [4.78, 5) is 12.7. The molecular weight excluding hydrogens is 444 g/mol. The molecule has 2 aromatic rings. The first-order valence-corrected chi connectivity index (χ1v) is 13.6. The molecule has 32 heavy (non-hydrogen) atoms. The van der Waals surface area contributed by atoms with Gasteiger partial charge in [0, 0.05) is 11.8 Å². The maximum Gasteiger partial charge on any atom is 0.264 e. The molecule has 0 spiro atoms. The Kier molecular flexibility index (Phi) is 9.29. The molecule has 1 saturated carbocycles. The quantitative estimate of drug-likeness (QED) is 0.485. The van der Waals surface area contributed by atoms with Gasteiger partial charge in [0.1, 0.15) is 12.3 Å². The lowest BCUT2D eigenvalue weighted by molar-refractivity contribution is -0.119. The van der Waals surface area contributed by atoms with Crippen molar-refractivity contribution < 1.29 is 17.9 Å². The van der Waals surface area contributed by atoms with E-state index in [0.29, 0.717) is 18.0 Å². The van der Waals surface area contributed by atoms with Crippen molar-refractivity contribution in [3.05, 3.63) is 54.6 Å². The predicted octanol–water partition coefficient (Wildman–Crippen LogP) is 4.46. The number of anilines is 1. The molecule has 0 unspecified atom stereocenters. The number of amides is 1. The molecule has 0 aromatic heterocycles. The number of nitrogens with zero attached hydrogens (tertiary/aromatic N) is 1. The number of hydrogen-bond acceptors (Lipinski definition) is 5. The van der Waals surface area contributed by atoms with Crippen LogP contribution in [0.3, 0.4) is 0 Å². The number of methoxy groups -OCH3 is 1. The zero-order valence-corrected chi connectivity index (χ0v) is 20.2. The van der Waals surface area contributed by atoms with Crippen molar-refractivity contribution in [2.45, 2.75) is 48.7 Å². The summed E-state index contributed by atoms with van der Waals surface area (Å²) < 4.78 is 32.9. The summed E-state index contributed by atoms with van der Waals surface area (Å²) >= 11 is 2.00. The van der Waals surface area contributed by atoms with Crippen LogP contribution < -0.4 is 14.4 Å². The van der Waals surface area contributed by atoms with Gasteiger partial charge in [0.2, 0.25) is 5.91 Å². The third-order valence-corrected chi connectivity index (χ3v) is 8.78. The van der Waals surface area contributed by atoms with Gasteiger partial charge in [-0.15, -0.1) is 0 Å². The fourth-order valence-electron chi connectivity index (χ4n) is 3.75. The Morgan fingerprint density at radius 3 is 2.41 bits per heavy atom. The Balaban J connectivity index is 1.59. The van der Waals surface area contributed by atoms with Crippen molar-refractivity contribution in [2.24, 2.45) is 0 Å². The van der Waals surface area contributed by atoms with Crippen molar-refractivity contribution in [3.63, 3.8) is 0 Å². The number of carbonyl (C=O) groups excluding carboxylic acids is 1. The van der Waals surface area contributed by atoms with Gasteiger partial charge in [0.25, 0.3) is 10.0 Å². The number of hydrogen-bond donors (Lipinski definition) is 1. The van der Waals surface area contributed by atoms with Crippen LogP contribution in [0.2, 0.25) is 0 Å². The first kappa shape index (κ1) is 24.5. The molecule has 0 heterocycles. The summed E-state index contributed by atoms with van der Waals surface area (Å²) in [5, 5.41) is 3.64. The topological polar surface area (TPSA) is 75.7 Å². The Morgan fingerprint density at radius 1 is 1.06 bits per heavy atom. The SMILES string of the molecule is COc1ccc(S(=O)(=O)N(CC(=O)NCCCSC2CCCCC2)c2ccccc2)cc1. The second-order valence-corrected chi connectivity index (χ2v) is 11.1. The zero-order chi connectivity index (χ0) is 22.8. The number of nitrogens with one attached hydrogen (secondary N) is 1. The highest BCUT2D eigenvalue weighted by Crippen LogP contribution is 2.28. The van der Waals surface area contributed by atoms with E-state index in [1.54, 1.807) is 36.4 Å². The minimum absolute atomic E-state index is 0.110. The lowest BCUT2D eigenvalue weighted by Crippen LogP contribution is -2.41. The van der Waals surface area contributed by atoms with Crippen molar-refractivity contribution in [2.75, 3.05) is 30.3 Å². The molecule has 8 heteroatoms. The summed E-state index contributed by atoms with van der Waals surface area (Å²) in [6.07, 6.45) is 7.48. The minimum Gasteiger partial charge on any atom is -0.497 e. The average Bonchev–Trinajstić information content (AvgIpc) is 2.83. The molecule has 2 aromatic carbocycles. The van der Waals surface area contributed by atoms with E-state index in [2.05, 4.69) is 5.32 Å². The Hall–Kier alpha value is -2.19. The van der Waals surface area contributed by atoms with Gasteiger partial charge in [-0.05, 0) is 61.4 Å². The Labute approximate surface area is 195 Å². The lowest BCUT2D eigenvalue weighted by Gasteiger charge is -2.24. The molecule has 0 aliphatic heterocycles. The second-order valence-electron chi connectivity index (χ2n) is 7.86. The van der Waals surface area contributed by atoms with Crippen LogP contribution in [0.5, 0.6) is 5.75 Å². The van der Waals surface area contributed by atoms with E-state index in [0.717, 1.165) is 21.7 Å². The number of benzene rings is 2. The van der Waals surface area contributed by atoms with Crippen molar-refractivity contribution in [1.82, 2.24) is 5.32 Å². The monoisotopic (exact) mass is 476 g/mol. The van der Waals surface area contributed by atoms with Gasteiger partial charge in [0.05, 0.1) is 17.7 Å². The van der Waals surface area contributed by atoms with Gasteiger partial charge < -0.3 is 10.1 Å². The highest BCUT2D eigenvalue weighted by atomic mass is 32.2. The fraction of sp³-hybridized carbons (Fsp3) is 0.458. The van der Waals surface area contributed by atoms with E-state index in [1.165, 1.54) is 51.3 Å². The molecule has 1 amide bonds. The largest absolute Gasteiger partial charge is 0.497 e. The van der Waals surface area contributed by atoms with Gasteiger partial charge in [-0.1, -0.05) is 37.5 Å². The van der Waals surface area contributed by atoms with Crippen molar-refractivity contribution >= 4 is 33.4 Å². The fourth-order valence-corrected chi connectivity index (χ4v) is 6.48. The molecule has 6 nitrogen and oxygen atoms in total. The molecular formula is C24H32N2O4S2. The zero-order valence-electron chi connectivity index (χ0n) is 18.5. The van der Waals surface area contributed by atoms with Crippen LogP contribution in [0.1, 0.15) is 38.5 Å². The Morgan fingerprint density at radius 2 is 1.75 bits per heavy atom. The number of para-hydroxylation sites is 1. The number of ether oxygens (including phenoxy) is 1. The van der Waals surface area contributed by atoms with E-state index in [9.17, 15) is 13.2 Å². The summed E-state index contributed by atoms with van der Waals surface area (Å²) in [6.45, 7) is 0.276. The van der Waals surface area contributed by atoms with Crippen LogP contribution >= 0.6 is 11.8 Å². The molecule has 1 aliphatic rings. The predicted molar refractivity (Wildman–Crippen MR) is 131 cm³/mol. The molecule has 0 saturated heterocycles. The third-order valence-electron chi connectivity index (χ3n) is 5.53. The van der Waals surface area contributed by atoms with Gasteiger partial charge in [0.15, 0.2) is 0 Å². The van der Waals surface area contributed by atoms with E-state index in [1.807, 2.05) is 17.8 Å². The average molecular weight is 477 g/mol. The maximum atomic E-state index is 13.3. The normalized spacial score (nSPS) is 14.7. The lowest BCUT2D eigenvalue weighted by atomic mass is 10.0. The molecule has 0 radical (unpaired) electrons. The molecule has 174 valence electrons. The van der Waals surface area contributed by atoms with E-state index in [4.69, 9.17) is 4.74 Å². The molecule has 1 fully saturated rings. The maximum absolute atomic E-state index is 13.3. The summed E-state index contributed by atoms with van der Waals surface area (Å²) in [7, 11) is -2.39. The highest BCUT2D eigenvalue weighted by Gasteiger charge is 2.27. The Bertz CT molecular complexity index is 944. The number of rotatable bonds is 11. The van der Waals surface area contributed by atoms with Gasteiger partial charge in [-0.2, -0.15) is 11.8 Å². The summed E-state index contributed by atoms with van der Waals surface area (Å²) in [6, 6.07) is 14.9. The van der Waals surface area contributed by atoms with E-state index < -0.39 is 10.0 Å². The number of carbonyl (C=O) groups is 1. The minimum atomic E-state index is -3.91. The van der Waals surface area contributed by atoms with Gasteiger partial charge in [-0.3, -0.25) is 9.10 Å². The van der Waals surface area contributed by atoms with Crippen molar-refractivity contribution in [3.8, 4) is 5.75 Å². The first-order chi connectivity index (χ1) is 15.5. The van der Waals surface area contributed by atoms with Gasteiger partial charge >= 0.3 is 0 Å². The van der Waals surface area contributed by atoms with E-state index >= 15 is 0 Å². The van der Waals surface area contributed by atoms with Crippen LogP contribution in [0, 0.1) is 0 Å². The van der Waals surface area contributed by atoms with Crippen molar-refractivity contribution in [1.29, 1.82) is 0 Å². The van der Waals surface area contributed by atoms with Crippen LogP contribution in [0.4, 0.5) is 5.69 Å². The number of thioether (sulfide) groups is 1. The van der Waals surface area contributed by atoms with Crippen LogP contribution in [0.25, 0.3) is 0 Å². The summed E-state index contributed by atoms with van der Waals surface area (Å²) in [5.41, 5.74) is 0.450. The molecule has 1 aliphatic carbocycles. The van der Waals surface area contributed by atoms with E-state index in [-0.39, 0.29) is 17.3 Å². The van der Waals surface area contributed by atoms with Crippen LogP contribution in [-0.4, -0.2) is 45.5 Å².